The summed E-state index contributed by atoms with van der Waals surface area (Å²) in [5.41, 5.74) is -0.0916. The van der Waals surface area contributed by atoms with Crippen molar-refractivity contribution in [2.24, 2.45) is 0 Å². The molecular formula is C11H13N4NaO8S2. The molecule has 12 nitrogen and oxygen atoms in total. The van der Waals surface area contributed by atoms with Crippen molar-refractivity contribution in [2.45, 2.75) is 18.5 Å². The molecule has 2 N–H and O–H groups in total. The number of hydrogen-bond donors (Lipinski definition) is 2. The van der Waals surface area contributed by atoms with E-state index in [9.17, 15) is 26.4 Å². The number of rotatable bonds is 4. The fourth-order valence-corrected chi connectivity index (χ4v) is 4.36. The van der Waals surface area contributed by atoms with Gasteiger partial charge in [-0.15, -0.1) is 0 Å². The Morgan fingerprint density at radius 3 is 2.46 bits per heavy atom. The van der Waals surface area contributed by atoms with E-state index in [0.29, 0.717) is 8.28 Å². The van der Waals surface area contributed by atoms with Crippen molar-refractivity contribution in [3.05, 3.63) is 24.3 Å². The summed E-state index contributed by atoms with van der Waals surface area (Å²) in [6.07, 6.45) is 4.17. The van der Waals surface area contributed by atoms with Crippen LogP contribution in [-0.2, 0) is 30.2 Å². The standard InChI is InChI=1S/C11H12N4O8S2.Na.H/c16-9(2-1-7-5-12-6-14(7)24(18,19)20)13-4-3-8-10(13)11(17)15(8)25(21,22)23;;/h1-2,5-6,8,10H,3-4H2,(H,18,19,20)(H,21,22,23);;/b2-1+;;/t8-,10+;;/m1../s1. The van der Waals surface area contributed by atoms with Crippen LogP contribution in [0.25, 0.3) is 6.08 Å². The number of β-lactam (4-membered cyclic amide) rings is 1. The van der Waals surface area contributed by atoms with E-state index in [-0.39, 0.29) is 48.2 Å². The number of amides is 2. The molecule has 1 aromatic rings. The summed E-state index contributed by atoms with van der Waals surface area (Å²) in [5.74, 6) is -1.56. The quantitative estimate of drug-likeness (QED) is 0.234. The SMILES string of the molecule is O=C(/C=C/c1cncn1S(=O)(=O)O)N1CC[C@@H]2[C@H]1C(=O)N2S(=O)(=O)O.[NaH]. The fraction of sp³-hybridized carbons (Fsp3) is 0.364. The van der Waals surface area contributed by atoms with Gasteiger partial charge in [0.1, 0.15) is 12.4 Å². The molecule has 2 fully saturated rings. The van der Waals surface area contributed by atoms with Crippen LogP contribution in [0, 0.1) is 0 Å². The number of likely N-dealkylation sites (tertiary alicyclic amines) is 1. The first kappa shape index (κ1) is 21.0. The summed E-state index contributed by atoms with van der Waals surface area (Å²) in [6.45, 7) is 0.0911. The maximum atomic E-state index is 12.2. The Labute approximate surface area is 170 Å². The van der Waals surface area contributed by atoms with E-state index in [2.05, 4.69) is 4.98 Å². The molecule has 2 amide bonds. The second-order valence-corrected chi connectivity index (χ2v) is 7.95. The molecular weight excluding hydrogens is 403 g/mol. The van der Waals surface area contributed by atoms with Gasteiger partial charge in [0, 0.05) is 12.6 Å². The Morgan fingerprint density at radius 1 is 1.23 bits per heavy atom. The second kappa shape index (κ2) is 7.03. The molecule has 3 rings (SSSR count). The summed E-state index contributed by atoms with van der Waals surface area (Å²) in [5, 5.41) is 0. The molecule has 0 spiro atoms. The molecule has 1 aromatic heterocycles. The van der Waals surface area contributed by atoms with Crippen LogP contribution in [0.1, 0.15) is 12.1 Å². The first-order valence-corrected chi connectivity index (χ1v) is 9.61. The zero-order valence-electron chi connectivity index (χ0n) is 12.3. The van der Waals surface area contributed by atoms with Gasteiger partial charge in [-0.2, -0.15) is 16.8 Å². The fourth-order valence-electron chi connectivity index (χ4n) is 2.92. The third-order valence-electron chi connectivity index (χ3n) is 3.95. The van der Waals surface area contributed by atoms with Crippen LogP contribution in [0.15, 0.2) is 18.6 Å². The molecule has 26 heavy (non-hydrogen) atoms. The Kier molecular flexibility index (Phi) is 5.68. The van der Waals surface area contributed by atoms with E-state index in [1.165, 1.54) is 0 Å². The molecule has 0 saturated carbocycles. The second-order valence-electron chi connectivity index (χ2n) is 5.37. The van der Waals surface area contributed by atoms with E-state index < -0.39 is 44.5 Å². The predicted octanol–water partition coefficient (Wildman–Crippen LogP) is -2.49. The zero-order valence-corrected chi connectivity index (χ0v) is 14.0. The van der Waals surface area contributed by atoms with Crippen molar-refractivity contribution < 1.29 is 35.5 Å². The molecule has 0 bridgehead atoms. The molecule has 15 heteroatoms. The van der Waals surface area contributed by atoms with E-state index in [4.69, 9.17) is 9.11 Å². The molecule has 2 atom stereocenters. The van der Waals surface area contributed by atoms with Crippen molar-refractivity contribution in [1.82, 2.24) is 18.2 Å². The average molecular weight is 416 g/mol. The Morgan fingerprint density at radius 2 is 1.88 bits per heavy atom. The minimum absolute atomic E-state index is 0. The molecule has 0 aliphatic carbocycles. The van der Waals surface area contributed by atoms with Crippen LogP contribution >= 0.6 is 0 Å². The van der Waals surface area contributed by atoms with Crippen LogP contribution in [0.4, 0.5) is 0 Å². The number of carbonyl (C=O) groups excluding carboxylic acids is 2. The maximum absolute atomic E-state index is 12.2. The number of aromatic nitrogens is 2. The first-order chi connectivity index (χ1) is 11.5. The molecule has 0 unspecified atom stereocenters. The normalized spacial score (nSPS) is 22.9. The third-order valence-corrected chi connectivity index (χ3v) is 5.70. The molecule has 2 aliphatic heterocycles. The van der Waals surface area contributed by atoms with Gasteiger partial charge in [-0.25, -0.2) is 13.3 Å². The molecule has 2 saturated heterocycles. The molecule has 3 heterocycles. The molecule has 0 aromatic carbocycles. The van der Waals surface area contributed by atoms with Gasteiger partial charge in [-0.05, 0) is 12.5 Å². The van der Waals surface area contributed by atoms with Crippen molar-refractivity contribution in [1.29, 1.82) is 0 Å². The summed E-state index contributed by atoms with van der Waals surface area (Å²) in [7, 11) is -9.24. The van der Waals surface area contributed by atoms with E-state index >= 15 is 0 Å². The molecule has 0 radical (unpaired) electrons. The Hall–Kier alpha value is -1.29. The van der Waals surface area contributed by atoms with Gasteiger partial charge in [-0.3, -0.25) is 18.7 Å². The van der Waals surface area contributed by atoms with E-state index in [1.54, 1.807) is 0 Å². The number of imidazole rings is 1. The molecule has 138 valence electrons. The number of fused-ring (bicyclic) bond motifs is 1. The first-order valence-electron chi connectivity index (χ1n) is 6.81. The number of carbonyl (C=O) groups is 2. The van der Waals surface area contributed by atoms with E-state index in [0.717, 1.165) is 29.6 Å². The van der Waals surface area contributed by atoms with Crippen molar-refractivity contribution in [3.8, 4) is 0 Å². The summed E-state index contributed by atoms with van der Waals surface area (Å²) in [4.78, 5) is 28.7. The number of hydrogen-bond acceptors (Lipinski definition) is 7. The summed E-state index contributed by atoms with van der Waals surface area (Å²) >= 11 is 0. The van der Waals surface area contributed by atoms with Crippen LogP contribution in [0.2, 0.25) is 0 Å². The average Bonchev–Trinajstić information content (AvgIpc) is 3.06. The van der Waals surface area contributed by atoms with Crippen molar-refractivity contribution in [2.75, 3.05) is 6.54 Å². The summed E-state index contributed by atoms with van der Waals surface area (Å²) < 4.78 is 63.2. The monoisotopic (exact) mass is 416 g/mol. The van der Waals surface area contributed by atoms with Gasteiger partial charge in [0.15, 0.2) is 0 Å². The van der Waals surface area contributed by atoms with Crippen molar-refractivity contribution in [3.63, 3.8) is 0 Å². The Bertz CT molecular complexity index is 986. The number of nitrogens with zero attached hydrogens (tertiary/aromatic N) is 4. The van der Waals surface area contributed by atoms with Gasteiger partial charge in [0.05, 0.1) is 17.9 Å². The minimum atomic E-state index is -4.67. The van der Waals surface area contributed by atoms with Gasteiger partial charge < -0.3 is 4.90 Å². The predicted molar refractivity (Wildman–Crippen MR) is 87.7 cm³/mol. The van der Waals surface area contributed by atoms with Crippen molar-refractivity contribution >= 4 is 68.1 Å². The topological polar surface area (TPSA) is 167 Å². The van der Waals surface area contributed by atoms with Crippen LogP contribution in [0.3, 0.4) is 0 Å². The van der Waals surface area contributed by atoms with E-state index in [1.807, 2.05) is 0 Å². The van der Waals surface area contributed by atoms with Gasteiger partial charge >= 0.3 is 50.2 Å². The third kappa shape index (κ3) is 3.58. The van der Waals surface area contributed by atoms with Gasteiger partial charge in [0.2, 0.25) is 5.91 Å². The Balaban J connectivity index is 0.00000243. The van der Waals surface area contributed by atoms with Crippen LogP contribution in [-0.4, -0.2) is 104 Å². The zero-order chi connectivity index (χ0) is 18.6. The van der Waals surface area contributed by atoms with Crippen LogP contribution < -0.4 is 0 Å². The van der Waals surface area contributed by atoms with Crippen LogP contribution in [0.5, 0.6) is 0 Å². The van der Waals surface area contributed by atoms with Gasteiger partial charge in [0.25, 0.3) is 5.91 Å². The summed E-state index contributed by atoms with van der Waals surface area (Å²) in [6, 6.07) is -1.81. The molecule has 2 aliphatic rings. The van der Waals surface area contributed by atoms with Gasteiger partial charge in [-0.1, -0.05) is 0 Å².